The van der Waals surface area contributed by atoms with E-state index in [2.05, 4.69) is 21.3 Å². The zero-order valence-corrected chi connectivity index (χ0v) is 57.7. The Bertz CT molecular complexity index is 2960. The third kappa shape index (κ3) is 36.0. The average molecular weight is 1490 g/mol. The summed E-state index contributed by atoms with van der Waals surface area (Å²) >= 11 is 1.91. The molecule has 30 nitrogen and oxygen atoms in total. The van der Waals surface area contributed by atoms with Gasteiger partial charge in [-0.3, -0.25) is 72.3 Å². The van der Waals surface area contributed by atoms with E-state index < -0.39 is 127 Å². The number of benzene rings is 2. The Morgan fingerprint density at radius 2 is 1.01 bits per heavy atom. The van der Waals surface area contributed by atoms with Gasteiger partial charge in [0, 0.05) is 110 Å². The molecule has 1 heterocycles. The minimum Gasteiger partial charge on any atom is -0.507 e. The zero-order chi connectivity index (χ0) is 72.7. The fourth-order valence-corrected chi connectivity index (χ4v) is 12.0. The number of carbonyl (C=O) groups is 14. The average Bonchev–Trinajstić information content (AvgIpc) is 0.864. The first-order valence-corrected chi connectivity index (χ1v) is 34.3. The largest absolute Gasteiger partial charge is 0.507 e. The number of unbranched alkanes of at least 4 members (excludes halogenated alkanes) is 6. The minimum absolute atomic E-state index is 0.0174. The van der Waals surface area contributed by atoms with E-state index in [9.17, 15) is 103 Å². The van der Waals surface area contributed by atoms with Crippen LogP contribution in [0, 0.1) is 15.4 Å². The summed E-state index contributed by atoms with van der Waals surface area (Å²) in [6.45, 7) is 2.10. The number of hydrogen-bond acceptors (Lipinski definition) is 19. The first-order valence-electron chi connectivity index (χ1n) is 33.2. The fraction of sp³-hybridized carbons (Fsp3) is 0.612. The quantitative estimate of drug-likeness (QED) is 0.0330. The second-order valence-electron chi connectivity index (χ2n) is 24.9. The molecule has 1 aliphatic heterocycles. The molecule has 6 atom stereocenters. The minimum atomic E-state index is -1.53. The number of ketones is 4. The lowest BCUT2D eigenvalue weighted by molar-refractivity contribution is -0.145. The van der Waals surface area contributed by atoms with Crippen LogP contribution in [0.4, 0.5) is 4.79 Å². The molecule has 31 heteroatoms. The second-order valence-corrected chi connectivity index (χ2v) is 26.0. The van der Waals surface area contributed by atoms with Crippen LogP contribution in [0.3, 0.4) is 0 Å². The van der Waals surface area contributed by atoms with Crippen molar-refractivity contribution >= 4 is 105 Å². The van der Waals surface area contributed by atoms with Gasteiger partial charge in [-0.15, -0.1) is 0 Å². The number of Topliss-reactive ketones (excluding diaryl/α,β-unsaturated/α-hetero) is 4. The summed E-state index contributed by atoms with van der Waals surface area (Å²) in [4.78, 5) is 183. The van der Waals surface area contributed by atoms with E-state index in [4.69, 9.17) is 5.11 Å². The van der Waals surface area contributed by atoms with Crippen LogP contribution in [0.5, 0.6) is 5.75 Å². The Morgan fingerprint density at radius 3 is 1.54 bits per heavy atom. The van der Waals surface area contributed by atoms with Gasteiger partial charge in [0.1, 0.15) is 41.2 Å². The van der Waals surface area contributed by atoms with Gasteiger partial charge in [-0.2, -0.15) is 0 Å². The molecule has 0 radical (unpaired) electrons. The van der Waals surface area contributed by atoms with Crippen LogP contribution in [0.25, 0.3) is 0 Å². The van der Waals surface area contributed by atoms with E-state index in [0.717, 1.165) is 0 Å². The maximum atomic E-state index is 14.6. The van der Waals surface area contributed by atoms with Crippen LogP contribution in [-0.4, -0.2) is 246 Å². The van der Waals surface area contributed by atoms with Crippen molar-refractivity contribution in [1.29, 1.82) is 0 Å². The SMILES string of the molecule is CC(=O)CN1CCN(CC(=O)O)CCN(C(CCC(=O)CC(Cc2ccc(O)c(I)c2)C(=O)N[C@H](Cc2ccccc2)C(=O)C[C@H](CCCCCC(=O)CCCCCCC(=O)NCCCC[C@H](NC(=O)N[C@@H](CCC(=O)O)C(=O)O)C(=O)O)C(=O)O)C(=O)O)CCN(CC(=O)O)CC1. The van der Waals surface area contributed by atoms with Crippen molar-refractivity contribution in [2.75, 3.05) is 78.5 Å². The number of aromatic hydroxyl groups is 1. The molecule has 12 N–H and O–H groups in total. The Labute approximate surface area is 583 Å². The molecule has 3 rings (SSSR count). The van der Waals surface area contributed by atoms with Crippen molar-refractivity contribution in [3.8, 4) is 5.75 Å². The predicted octanol–water partition coefficient (Wildman–Crippen LogP) is 3.93. The number of rotatable bonds is 48. The van der Waals surface area contributed by atoms with Crippen LogP contribution >= 0.6 is 22.6 Å². The van der Waals surface area contributed by atoms with Gasteiger partial charge in [0.2, 0.25) is 11.8 Å². The number of halogens is 1. The number of carboxylic acid groups (broad SMARTS) is 7. The molecule has 98 heavy (non-hydrogen) atoms. The number of urea groups is 1. The van der Waals surface area contributed by atoms with E-state index in [1.165, 1.54) is 13.0 Å². The van der Waals surface area contributed by atoms with Crippen LogP contribution < -0.4 is 21.3 Å². The molecular weight excluding hydrogens is 1400 g/mol. The molecule has 0 saturated carbocycles. The van der Waals surface area contributed by atoms with Crippen molar-refractivity contribution in [1.82, 2.24) is 40.9 Å². The summed E-state index contributed by atoms with van der Waals surface area (Å²) in [5, 5.41) is 88.2. The van der Waals surface area contributed by atoms with Gasteiger partial charge in [0.05, 0.1) is 35.2 Å². The normalized spacial score (nSPS) is 15.4. The number of carbonyl (C=O) groups excluding carboxylic acids is 7. The summed E-state index contributed by atoms with van der Waals surface area (Å²) in [5.41, 5.74) is 1.20. The molecule has 2 aromatic carbocycles. The van der Waals surface area contributed by atoms with Crippen LogP contribution in [0.2, 0.25) is 0 Å². The smallest absolute Gasteiger partial charge is 0.326 e. The molecule has 0 aromatic heterocycles. The molecule has 544 valence electrons. The van der Waals surface area contributed by atoms with E-state index in [1.807, 2.05) is 27.5 Å². The number of nitrogens with one attached hydrogen (secondary N) is 4. The van der Waals surface area contributed by atoms with Crippen molar-refractivity contribution in [2.45, 2.75) is 172 Å². The molecule has 1 saturated heterocycles. The molecular formula is C67H97IN8O22. The summed E-state index contributed by atoms with van der Waals surface area (Å²) in [6, 6.07) is 6.83. The van der Waals surface area contributed by atoms with Crippen LogP contribution in [0.15, 0.2) is 48.5 Å². The summed E-state index contributed by atoms with van der Waals surface area (Å²) in [7, 11) is 0. The number of phenolic OH excluding ortho intramolecular Hbond substituents is 1. The fourth-order valence-electron chi connectivity index (χ4n) is 11.4. The lowest BCUT2D eigenvalue weighted by Gasteiger charge is -2.35. The maximum Gasteiger partial charge on any atom is 0.326 e. The third-order valence-corrected chi connectivity index (χ3v) is 17.7. The highest BCUT2D eigenvalue weighted by Crippen LogP contribution is 2.25. The summed E-state index contributed by atoms with van der Waals surface area (Å²) in [6.07, 6.45) is 3.04. The van der Waals surface area contributed by atoms with E-state index in [1.54, 1.807) is 57.2 Å². The van der Waals surface area contributed by atoms with Gasteiger partial charge >= 0.3 is 47.8 Å². The van der Waals surface area contributed by atoms with Gasteiger partial charge in [0.25, 0.3) is 0 Å². The third-order valence-electron chi connectivity index (χ3n) is 16.8. The van der Waals surface area contributed by atoms with Crippen molar-refractivity contribution in [3.63, 3.8) is 0 Å². The molecule has 4 amide bonds. The van der Waals surface area contributed by atoms with Crippen LogP contribution in [0.1, 0.15) is 146 Å². The highest BCUT2D eigenvalue weighted by atomic mass is 127. The number of hydrogen-bond donors (Lipinski definition) is 12. The molecule has 0 bridgehead atoms. The molecule has 2 unspecified atom stereocenters. The standard InChI is InChI=1S/C67H97IN8O22/c1-44(77)41-73-28-30-74(42-60(85)86)32-34-76(35-33-75(31-29-73)43-61(87)88)55(66(96)97)24-22-50(79)39-48(36-46-21-25-56(80)51(68)37-46)62(89)70-54(38-45-14-6-4-7-15-45)57(81)40-47(63(90)91)16-8-5-10-18-49(78)17-9-2-3-11-20-58(82)69-27-13-12-19-52(64(92)93)71-67(98)72-53(65(94)95)23-26-59(83)84/h4,6-7,14-15,21,25,37,47-48,52-55,80H,2-3,5,8-13,16-20,22-24,26-36,38-43H2,1H3,(H,69,82)(H,70,89)(H,83,84)(H,85,86)(H,87,88)(H,90,91)(H,92,93)(H,94,95)(H,96,97)(H2,71,72,98)/t47-,48?,52-,53-,54+,55?/m0/s1. The van der Waals surface area contributed by atoms with E-state index in [0.29, 0.717) is 78.9 Å². The lowest BCUT2D eigenvalue weighted by Crippen LogP contribution is -2.51. The molecule has 2 aromatic rings. The Balaban J connectivity index is 1.58. The predicted molar refractivity (Wildman–Crippen MR) is 362 cm³/mol. The summed E-state index contributed by atoms with van der Waals surface area (Å²) < 4.78 is 0.453. The number of carboxylic acids is 7. The number of amides is 4. The highest BCUT2D eigenvalue weighted by molar-refractivity contribution is 14.1. The Morgan fingerprint density at radius 1 is 0.469 bits per heavy atom. The first-order chi connectivity index (χ1) is 46.5. The Hall–Kier alpha value is -8.01. The second kappa shape index (κ2) is 46.3. The number of phenols is 1. The van der Waals surface area contributed by atoms with Crippen LogP contribution in [-0.2, 0) is 75.2 Å². The van der Waals surface area contributed by atoms with Gasteiger partial charge < -0.3 is 62.1 Å². The first kappa shape index (κ1) is 84.2. The van der Waals surface area contributed by atoms with Gasteiger partial charge in [-0.05, 0) is 123 Å². The number of aliphatic carboxylic acids is 7. The zero-order valence-electron chi connectivity index (χ0n) is 55.6. The molecule has 1 fully saturated rings. The van der Waals surface area contributed by atoms with E-state index in [-0.39, 0.29) is 153 Å². The van der Waals surface area contributed by atoms with Crippen molar-refractivity contribution in [2.24, 2.45) is 11.8 Å². The van der Waals surface area contributed by atoms with Gasteiger partial charge in [0.15, 0.2) is 5.78 Å². The van der Waals surface area contributed by atoms with Crippen molar-refractivity contribution < 1.29 is 108 Å². The molecule has 0 aliphatic carbocycles. The molecule has 0 spiro atoms. The van der Waals surface area contributed by atoms with Gasteiger partial charge in [-0.1, -0.05) is 62.1 Å². The van der Waals surface area contributed by atoms with Gasteiger partial charge in [-0.25, -0.2) is 14.4 Å². The Kier molecular flexibility index (Phi) is 39.8. The molecule has 1 aliphatic rings. The topological polar surface area (TPSA) is 462 Å². The van der Waals surface area contributed by atoms with Crippen molar-refractivity contribution in [3.05, 3.63) is 63.2 Å². The highest BCUT2D eigenvalue weighted by Gasteiger charge is 2.34. The monoisotopic (exact) mass is 1490 g/mol. The summed E-state index contributed by atoms with van der Waals surface area (Å²) in [5.74, 6) is -13.3. The lowest BCUT2D eigenvalue weighted by atomic mass is 9.89. The van der Waals surface area contributed by atoms with E-state index >= 15 is 0 Å². The maximum absolute atomic E-state index is 14.6. The number of nitrogens with zero attached hydrogens (tertiary/aromatic N) is 4.